The quantitative estimate of drug-likeness (QED) is 0.663. The molecule has 110 valence electrons. The molecule has 0 aromatic heterocycles. The first kappa shape index (κ1) is 15.4. The Morgan fingerprint density at radius 2 is 1.76 bits per heavy atom. The molecule has 2 rings (SSSR count). The van der Waals surface area contributed by atoms with Crippen molar-refractivity contribution in [2.24, 2.45) is 0 Å². The number of hydrogen-bond donors (Lipinski definition) is 2. The lowest BCUT2D eigenvalue weighted by molar-refractivity contribution is 0.108. The van der Waals surface area contributed by atoms with Gasteiger partial charge in [-0.1, -0.05) is 25.2 Å². The van der Waals surface area contributed by atoms with E-state index in [-0.39, 0.29) is 6.03 Å². The smallest absolute Gasteiger partial charge is 0.320 e. The summed E-state index contributed by atoms with van der Waals surface area (Å²) in [6, 6.07) is 6.03. The summed E-state index contributed by atoms with van der Waals surface area (Å²) in [7, 11) is 0. The van der Waals surface area contributed by atoms with Crippen molar-refractivity contribution in [1.29, 1.82) is 0 Å². The minimum atomic E-state index is -0.547. The molecule has 4 nitrogen and oxygen atoms in total. The molecule has 5 heteroatoms. The highest BCUT2D eigenvalue weighted by Crippen LogP contribution is 2.27. The van der Waals surface area contributed by atoms with Gasteiger partial charge in [-0.15, -0.1) is 6.42 Å². The maximum atomic E-state index is 12.1. The van der Waals surface area contributed by atoms with Crippen LogP contribution in [0.4, 0.5) is 10.5 Å². The van der Waals surface area contributed by atoms with Crippen LogP contribution in [0, 0.1) is 12.3 Å². The van der Waals surface area contributed by atoms with E-state index >= 15 is 0 Å². The Bertz CT molecular complexity index is 569. The number of amides is 2. The second-order valence-electron chi connectivity index (χ2n) is 5.22. The number of anilines is 1. The fourth-order valence-corrected chi connectivity index (χ4v) is 2.65. The largest absolute Gasteiger partial charge is 0.322 e. The minimum Gasteiger partial charge on any atom is -0.322 e. The Morgan fingerprint density at radius 3 is 2.29 bits per heavy atom. The fraction of sp³-hybridized carbons (Fsp3) is 0.375. The molecule has 0 bridgehead atoms. The lowest BCUT2D eigenvalue weighted by atomic mass is 9.82. The van der Waals surface area contributed by atoms with Crippen molar-refractivity contribution in [1.82, 2.24) is 5.32 Å². The number of carbonyl (C=O) groups is 2. The van der Waals surface area contributed by atoms with E-state index in [1.807, 2.05) is 0 Å². The number of halogens is 1. The van der Waals surface area contributed by atoms with E-state index in [4.69, 9.17) is 18.0 Å². The van der Waals surface area contributed by atoms with Gasteiger partial charge in [0.05, 0.1) is 0 Å². The summed E-state index contributed by atoms with van der Waals surface area (Å²) in [5.74, 6) is 2.72. The third kappa shape index (κ3) is 3.99. The number of benzene rings is 1. The summed E-state index contributed by atoms with van der Waals surface area (Å²) in [6.07, 6.45) is 10.4. The second-order valence-corrected chi connectivity index (χ2v) is 5.56. The molecule has 1 aliphatic carbocycles. The summed E-state index contributed by atoms with van der Waals surface area (Å²) in [5, 5.41) is 5.07. The average Bonchev–Trinajstić information content (AvgIpc) is 2.48. The number of hydrogen-bond acceptors (Lipinski definition) is 2. The summed E-state index contributed by atoms with van der Waals surface area (Å²) in [4.78, 5) is 23.0. The molecule has 21 heavy (non-hydrogen) atoms. The first-order valence-corrected chi connectivity index (χ1v) is 7.29. The van der Waals surface area contributed by atoms with Gasteiger partial charge < -0.3 is 10.6 Å². The van der Waals surface area contributed by atoms with Crippen LogP contribution in [0.15, 0.2) is 24.3 Å². The van der Waals surface area contributed by atoms with E-state index in [1.54, 1.807) is 24.3 Å². The van der Waals surface area contributed by atoms with Crippen molar-refractivity contribution in [3.05, 3.63) is 29.8 Å². The summed E-state index contributed by atoms with van der Waals surface area (Å²) in [6.45, 7) is 0. The number of nitrogens with one attached hydrogen (secondary N) is 2. The topological polar surface area (TPSA) is 58.2 Å². The van der Waals surface area contributed by atoms with E-state index in [9.17, 15) is 9.59 Å². The molecular formula is C16H17ClN2O2. The molecule has 1 aromatic carbocycles. The van der Waals surface area contributed by atoms with Gasteiger partial charge >= 0.3 is 6.03 Å². The van der Waals surface area contributed by atoms with Gasteiger partial charge in [0, 0.05) is 11.3 Å². The molecule has 0 saturated heterocycles. The summed E-state index contributed by atoms with van der Waals surface area (Å²) >= 11 is 5.37. The lowest BCUT2D eigenvalue weighted by Crippen LogP contribution is -2.50. The molecule has 0 spiro atoms. The van der Waals surface area contributed by atoms with Gasteiger partial charge in [-0.3, -0.25) is 4.79 Å². The zero-order valence-corrected chi connectivity index (χ0v) is 12.4. The molecule has 0 radical (unpaired) electrons. The van der Waals surface area contributed by atoms with Gasteiger partial charge in [0.25, 0.3) is 5.24 Å². The van der Waals surface area contributed by atoms with Crippen molar-refractivity contribution < 1.29 is 9.59 Å². The Labute approximate surface area is 129 Å². The summed E-state index contributed by atoms with van der Waals surface area (Å²) < 4.78 is 0. The molecule has 1 aliphatic rings. The number of terminal acetylenes is 1. The van der Waals surface area contributed by atoms with Crippen molar-refractivity contribution in [3.8, 4) is 12.3 Å². The monoisotopic (exact) mass is 304 g/mol. The SMILES string of the molecule is C#CC1(NC(=O)Nc2ccc(C(=O)Cl)cc2)CCCCC1. The van der Waals surface area contributed by atoms with Crippen LogP contribution in [0.3, 0.4) is 0 Å². The summed E-state index contributed by atoms with van der Waals surface area (Å²) in [5.41, 5.74) is 0.418. The molecule has 1 fully saturated rings. The Kier molecular flexibility index (Phi) is 4.87. The van der Waals surface area contributed by atoms with Crippen LogP contribution in [0.5, 0.6) is 0 Å². The van der Waals surface area contributed by atoms with Crippen LogP contribution < -0.4 is 10.6 Å². The standard InChI is InChI=1S/C16H17ClN2O2/c1-2-16(10-4-3-5-11-16)19-15(21)18-13-8-6-12(7-9-13)14(17)20/h1,6-9H,3-5,10-11H2,(H2,18,19,21). The van der Waals surface area contributed by atoms with E-state index in [1.165, 1.54) is 0 Å². The molecule has 1 saturated carbocycles. The Balaban J connectivity index is 1.98. The van der Waals surface area contributed by atoms with Crippen molar-refractivity contribution in [2.45, 2.75) is 37.6 Å². The molecule has 2 amide bonds. The maximum absolute atomic E-state index is 12.1. The van der Waals surface area contributed by atoms with Crippen LogP contribution in [-0.2, 0) is 0 Å². The first-order valence-electron chi connectivity index (χ1n) is 6.91. The van der Waals surface area contributed by atoms with Gasteiger partial charge in [0.2, 0.25) is 0 Å². The Morgan fingerprint density at radius 1 is 1.14 bits per heavy atom. The van der Waals surface area contributed by atoms with E-state index in [0.29, 0.717) is 11.3 Å². The molecular weight excluding hydrogens is 288 g/mol. The molecule has 0 heterocycles. The number of rotatable bonds is 3. The van der Waals surface area contributed by atoms with Gasteiger partial charge in [-0.2, -0.15) is 0 Å². The molecule has 0 atom stereocenters. The van der Waals surface area contributed by atoms with Crippen LogP contribution in [0.25, 0.3) is 0 Å². The molecule has 0 aliphatic heterocycles. The maximum Gasteiger partial charge on any atom is 0.320 e. The van der Waals surface area contributed by atoms with Crippen LogP contribution in [-0.4, -0.2) is 16.8 Å². The van der Waals surface area contributed by atoms with Crippen LogP contribution in [0.1, 0.15) is 42.5 Å². The fourth-order valence-electron chi connectivity index (χ4n) is 2.53. The van der Waals surface area contributed by atoms with Gasteiger partial charge in [-0.25, -0.2) is 4.79 Å². The predicted octanol–water partition coefficient (Wildman–Crippen LogP) is 3.52. The minimum absolute atomic E-state index is 0.334. The van der Waals surface area contributed by atoms with E-state index in [2.05, 4.69) is 16.6 Å². The second kappa shape index (κ2) is 6.64. The van der Waals surface area contributed by atoms with Gasteiger partial charge in [-0.05, 0) is 48.7 Å². The Hall–Kier alpha value is -1.99. The number of urea groups is 1. The van der Waals surface area contributed by atoms with Crippen molar-refractivity contribution in [2.75, 3.05) is 5.32 Å². The lowest BCUT2D eigenvalue weighted by Gasteiger charge is -2.33. The zero-order valence-electron chi connectivity index (χ0n) is 11.6. The van der Waals surface area contributed by atoms with Gasteiger partial charge in [0.15, 0.2) is 0 Å². The third-order valence-corrected chi connectivity index (χ3v) is 3.92. The van der Waals surface area contributed by atoms with Crippen molar-refractivity contribution >= 4 is 28.6 Å². The van der Waals surface area contributed by atoms with E-state index < -0.39 is 10.8 Å². The van der Waals surface area contributed by atoms with Crippen LogP contribution >= 0.6 is 11.6 Å². The molecule has 2 N–H and O–H groups in total. The highest BCUT2D eigenvalue weighted by Gasteiger charge is 2.31. The van der Waals surface area contributed by atoms with Crippen LogP contribution in [0.2, 0.25) is 0 Å². The number of carbonyl (C=O) groups excluding carboxylic acids is 2. The normalized spacial score (nSPS) is 16.6. The van der Waals surface area contributed by atoms with Gasteiger partial charge in [0.1, 0.15) is 5.54 Å². The zero-order chi connectivity index (χ0) is 15.3. The highest BCUT2D eigenvalue weighted by molar-refractivity contribution is 6.67. The molecule has 1 aromatic rings. The van der Waals surface area contributed by atoms with Crippen molar-refractivity contribution in [3.63, 3.8) is 0 Å². The average molecular weight is 305 g/mol. The molecule has 0 unspecified atom stereocenters. The first-order chi connectivity index (χ1) is 10.0. The third-order valence-electron chi connectivity index (χ3n) is 3.71. The highest BCUT2D eigenvalue weighted by atomic mass is 35.5. The van der Waals surface area contributed by atoms with E-state index in [0.717, 1.165) is 32.1 Å². The predicted molar refractivity (Wildman–Crippen MR) is 83.4 cm³/mol.